The van der Waals surface area contributed by atoms with Crippen molar-refractivity contribution in [2.45, 2.75) is 45.6 Å². The lowest BCUT2D eigenvalue weighted by atomic mass is 9.76. The first kappa shape index (κ1) is 12.6. The van der Waals surface area contributed by atoms with E-state index in [1.165, 1.54) is 12.8 Å². The summed E-state index contributed by atoms with van der Waals surface area (Å²) in [6.07, 6.45) is 4.94. The largest absolute Gasteiger partial charge is 0.488 e. The highest BCUT2D eigenvalue weighted by molar-refractivity contribution is 6.30. The van der Waals surface area contributed by atoms with Crippen LogP contribution in [0.4, 0.5) is 5.69 Å². The normalized spacial score (nSPS) is 20.2. The number of ether oxygens (including phenoxy) is 1. The molecule has 17 heavy (non-hydrogen) atoms. The van der Waals surface area contributed by atoms with E-state index in [9.17, 15) is 0 Å². The van der Waals surface area contributed by atoms with Crippen molar-refractivity contribution < 1.29 is 4.74 Å². The molecule has 1 aliphatic rings. The van der Waals surface area contributed by atoms with E-state index in [1.807, 2.05) is 12.1 Å². The second-order valence-corrected chi connectivity index (χ2v) is 6.10. The van der Waals surface area contributed by atoms with Crippen molar-refractivity contribution in [1.82, 2.24) is 0 Å². The zero-order chi connectivity index (χ0) is 12.5. The zero-order valence-corrected chi connectivity index (χ0v) is 11.3. The second kappa shape index (κ2) is 4.77. The van der Waals surface area contributed by atoms with Crippen LogP contribution in [-0.4, -0.2) is 6.10 Å². The number of hydrogen-bond acceptors (Lipinski definition) is 2. The van der Waals surface area contributed by atoms with E-state index in [4.69, 9.17) is 22.1 Å². The number of nitrogens with two attached hydrogens (primary N) is 1. The lowest BCUT2D eigenvalue weighted by Gasteiger charge is -2.34. The van der Waals surface area contributed by atoms with Crippen molar-refractivity contribution >= 4 is 17.3 Å². The van der Waals surface area contributed by atoms with Gasteiger partial charge in [0.25, 0.3) is 0 Å². The van der Waals surface area contributed by atoms with Gasteiger partial charge in [0.05, 0.1) is 11.8 Å². The summed E-state index contributed by atoms with van der Waals surface area (Å²) < 4.78 is 5.95. The first-order valence-corrected chi connectivity index (χ1v) is 6.56. The van der Waals surface area contributed by atoms with E-state index in [-0.39, 0.29) is 0 Å². The zero-order valence-electron chi connectivity index (χ0n) is 10.5. The summed E-state index contributed by atoms with van der Waals surface area (Å²) in [6.45, 7) is 4.64. The van der Waals surface area contributed by atoms with E-state index >= 15 is 0 Å². The molecule has 0 radical (unpaired) electrons. The molecule has 0 spiro atoms. The summed E-state index contributed by atoms with van der Waals surface area (Å²) in [7, 11) is 0. The topological polar surface area (TPSA) is 35.2 Å². The lowest BCUT2D eigenvalue weighted by Crippen LogP contribution is -2.28. The number of anilines is 1. The number of halogens is 1. The van der Waals surface area contributed by atoms with Crippen molar-refractivity contribution in [3.63, 3.8) is 0 Å². The fraction of sp³-hybridized carbons (Fsp3) is 0.571. The third-order valence-electron chi connectivity index (χ3n) is 3.55. The van der Waals surface area contributed by atoms with Gasteiger partial charge in [0, 0.05) is 5.02 Å². The van der Waals surface area contributed by atoms with Crippen LogP contribution in [0.2, 0.25) is 5.02 Å². The molecule has 1 aromatic rings. The Hall–Kier alpha value is -0.890. The fourth-order valence-electron chi connectivity index (χ4n) is 2.30. The van der Waals surface area contributed by atoms with Gasteiger partial charge in [-0.15, -0.1) is 0 Å². The van der Waals surface area contributed by atoms with Crippen molar-refractivity contribution in [1.29, 1.82) is 0 Å². The highest BCUT2D eigenvalue weighted by Gasteiger charge is 2.28. The highest BCUT2D eigenvalue weighted by Crippen LogP contribution is 2.37. The summed E-state index contributed by atoms with van der Waals surface area (Å²) in [6, 6.07) is 5.42. The smallest absolute Gasteiger partial charge is 0.142 e. The van der Waals surface area contributed by atoms with Crippen molar-refractivity contribution in [2.24, 2.45) is 5.41 Å². The molecule has 2 nitrogen and oxygen atoms in total. The predicted molar refractivity (Wildman–Crippen MR) is 72.5 cm³/mol. The molecule has 0 unspecified atom stereocenters. The molecule has 1 aliphatic carbocycles. The Bertz CT molecular complexity index is 393. The van der Waals surface area contributed by atoms with Crippen molar-refractivity contribution in [2.75, 3.05) is 5.73 Å². The van der Waals surface area contributed by atoms with Crippen LogP contribution in [0.3, 0.4) is 0 Å². The Morgan fingerprint density at radius 3 is 2.53 bits per heavy atom. The van der Waals surface area contributed by atoms with Crippen LogP contribution in [0.15, 0.2) is 18.2 Å². The van der Waals surface area contributed by atoms with Gasteiger partial charge in [0.15, 0.2) is 0 Å². The summed E-state index contributed by atoms with van der Waals surface area (Å²) in [5.74, 6) is 0.763. The minimum absolute atomic E-state index is 0.298. The molecular formula is C14H20ClNO. The summed E-state index contributed by atoms with van der Waals surface area (Å²) in [5.41, 5.74) is 6.97. The van der Waals surface area contributed by atoms with Crippen LogP contribution in [-0.2, 0) is 0 Å². The lowest BCUT2D eigenvalue weighted by molar-refractivity contribution is 0.0994. The van der Waals surface area contributed by atoms with Gasteiger partial charge < -0.3 is 10.5 Å². The van der Waals surface area contributed by atoms with Gasteiger partial charge in [0.2, 0.25) is 0 Å². The molecule has 0 atom stereocenters. The maximum absolute atomic E-state index is 5.95. The molecule has 0 bridgehead atoms. The SMILES string of the molecule is CC1(C)CCC(Oc2ccc(Cl)cc2N)CC1. The molecule has 0 heterocycles. The van der Waals surface area contributed by atoms with Gasteiger partial charge >= 0.3 is 0 Å². The van der Waals surface area contributed by atoms with Gasteiger partial charge in [-0.2, -0.15) is 0 Å². The Balaban J connectivity index is 1.98. The number of benzene rings is 1. The van der Waals surface area contributed by atoms with Crippen LogP contribution >= 0.6 is 11.6 Å². The number of hydrogen-bond donors (Lipinski definition) is 1. The van der Waals surface area contributed by atoms with Gasteiger partial charge in [-0.3, -0.25) is 0 Å². The van der Waals surface area contributed by atoms with Crippen LogP contribution < -0.4 is 10.5 Å². The highest BCUT2D eigenvalue weighted by atomic mass is 35.5. The Kier molecular flexibility index (Phi) is 3.53. The van der Waals surface area contributed by atoms with Crippen LogP contribution in [0.25, 0.3) is 0 Å². The molecule has 1 aromatic carbocycles. The molecule has 94 valence electrons. The summed E-state index contributed by atoms with van der Waals surface area (Å²) in [4.78, 5) is 0. The first-order valence-electron chi connectivity index (χ1n) is 6.18. The Labute approximate surface area is 108 Å². The molecule has 1 fully saturated rings. The molecule has 0 amide bonds. The number of nitrogen functional groups attached to an aromatic ring is 1. The van der Waals surface area contributed by atoms with E-state index in [1.54, 1.807) is 6.07 Å². The molecule has 3 heteroatoms. The quantitative estimate of drug-likeness (QED) is 0.799. The van der Waals surface area contributed by atoms with Crippen LogP contribution in [0, 0.1) is 5.41 Å². The molecule has 0 aliphatic heterocycles. The monoisotopic (exact) mass is 253 g/mol. The third kappa shape index (κ3) is 3.29. The van der Waals surface area contributed by atoms with Gasteiger partial charge in [-0.25, -0.2) is 0 Å². The van der Waals surface area contributed by atoms with E-state index < -0.39 is 0 Å². The van der Waals surface area contributed by atoms with Gasteiger partial charge in [-0.05, 0) is 49.3 Å². The maximum Gasteiger partial charge on any atom is 0.142 e. The van der Waals surface area contributed by atoms with E-state index in [2.05, 4.69) is 13.8 Å². The minimum Gasteiger partial charge on any atom is -0.488 e. The summed E-state index contributed by atoms with van der Waals surface area (Å²) in [5, 5.41) is 0.652. The van der Waals surface area contributed by atoms with E-state index in [0.29, 0.717) is 22.2 Å². The Morgan fingerprint density at radius 2 is 1.94 bits per heavy atom. The molecule has 0 aromatic heterocycles. The fourth-order valence-corrected chi connectivity index (χ4v) is 2.48. The molecule has 2 rings (SSSR count). The maximum atomic E-state index is 5.95. The number of rotatable bonds is 2. The molecular weight excluding hydrogens is 234 g/mol. The Morgan fingerprint density at radius 1 is 1.29 bits per heavy atom. The first-order chi connectivity index (χ1) is 7.96. The van der Waals surface area contributed by atoms with Gasteiger partial charge in [0.1, 0.15) is 5.75 Å². The molecule has 0 saturated heterocycles. The summed E-state index contributed by atoms with van der Waals surface area (Å²) >= 11 is 5.86. The molecule has 2 N–H and O–H groups in total. The molecule has 1 saturated carbocycles. The average Bonchev–Trinajstić information content (AvgIpc) is 2.25. The van der Waals surface area contributed by atoms with Crippen molar-refractivity contribution in [3.8, 4) is 5.75 Å². The average molecular weight is 254 g/mol. The standard InChI is InChI=1S/C14H20ClNO/c1-14(2)7-5-11(6-8-14)17-13-4-3-10(15)9-12(13)16/h3-4,9,11H,5-8,16H2,1-2H3. The van der Waals surface area contributed by atoms with Crippen molar-refractivity contribution in [3.05, 3.63) is 23.2 Å². The second-order valence-electron chi connectivity index (χ2n) is 5.66. The predicted octanol–water partition coefficient (Wildman–Crippen LogP) is 4.27. The van der Waals surface area contributed by atoms with E-state index in [0.717, 1.165) is 18.6 Å². The van der Waals surface area contributed by atoms with Gasteiger partial charge in [-0.1, -0.05) is 25.4 Å². The van der Waals surface area contributed by atoms with Crippen LogP contribution in [0.5, 0.6) is 5.75 Å². The third-order valence-corrected chi connectivity index (χ3v) is 3.79. The minimum atomic E-state index is 0.298. The van der Waals surface area contributed by atoms with Crippen LogP contribution in [0.1, 0.15) is 39.5 Å².